The van der Waals surface area contributed by atoms with Crippen LogP contribution in [0.4, 0.5) is 5.69 Å². The van der Waals surface area contributed by atoms with E-state index in [0.29, 0.717) is 29.4 Å². The fourth-order valence-electron chi connectivity index (χ4n) is 10.7. The number of aryl methyl sites for hydroxylation is 1. The Morgan fingerprint density at radius 3 is 2.59 bits per heavy atom. The molecule has 7 atom stereocenters. The highest BCUT2D eigenvalue weighted by molar-refractivity contribution is 7.99. The highest BCUT2D eigenvalue weighted by atomic mass is 35.5. The first-order chi connectivity index (χ1) is 25.9. The van der Waals surface area contributed by atoms with Gasteiger partial charge in [-0.3, -0.25) is 9.52 Å². The molecule has 8 rings (SSSR count). The highest BCUT2D eigenvalue weighted by Gasteiger charge is 2.50. The topological polar surface area (TPSA) is 80.3 Å². The lowest BCUT2D eigenvalue weighted by molar-refractivity contribution is -0.101. The number of nitrogens with one attached hydrogen (secondary N) is 1. The molecule has 2 aromatic carbocycles. The summed E-state index contributed by atoms with van der Waals surface area (Å²) in [6.07, 6.45) is 15.5. The molecule has 0 aromatic heterocycles. The molecule has 10 heteroatoms. The van der Waals surface area contributed by atoms with Crippen molar-refractivity contribution in [2.45, 2.75) is 94.3 Å². The minimum Gasteiger partial charge on any atom is -0.490 e. The van der Waals surface area contributed by atoms with E-state index in [1.54, 1.807) is 6.07 Å². The molecule has 2 aromatic rings. The standard InChI is InChI=1S/C44H60ClN3O5S/c1-31-7-5-16-44(51-3,29-47-21-17-42(18-22-47)19-23-52-24-20-42)38-12-9-35(38)27-48-28-43(15-6-8-33-25-36(45)11-13-37(33)43)30-53-40-14-10-34(26-39(40)48)41(49)46-54(4,50)32(31)2/h5,10-11,13-14,16,25-26,31-32,35,38H,4,6-9,12,15,17-24,27-30H2,1-3H3,(H,46,49,50)/b16-5+/t31-,32+,35-,38+,43-,44+,54?/m0/s1. The van der Waals surface area contributed by atoms with Crippen molar-refractivity contribution in [2.24, 2.45) is 23.2 Å². The van der Waals surface area contributed by atoms with Crippen LogP contribution in [0.5, 0.6) is 5.75 Å². The van der Waals surface area contributed by atoms with Crippen molar-refractivity contribution in [3.8, 4) is 5.75 Å². The number of nitrogens with zero attached hydrogens (tertiary/aromatic N) is 2. The average molecular weight is 778 g/mol. The van der Waals surface area contributed by atoms with Crippen molar-refractivity contribution in [1.82, 2.24) is 9.62 Å². The summed E-state index contributed by atoms with van der Waals surface area (Å²) in [5, 5.41) is 0.443. The van der Waals surface area contributed by atoms with E-state index in [0.717, 1.165) is 101 Å². The maximum atomic E-state index is 14.1. The van der Waals surface area contributed by atoms with Crippen molar-refractivity contribution < 1.29 is 23.2 Å². The van der Waals surface area contributed by atoms with Crippen molar-refractivity contribution >= 4 is 38.8 Å². The minimum absolute atomic E-state index is 0.0370. The van der Waals surface area contributed by atoms with Gasteiger partial charge in [0, 0.05) is 61.2 Å². The van der Waals surface area contributed by atoms with E-state index in [2.05, 4.69) is 51.6 Å². The number of piperidine rings is 1. The van der Waals surface area contributed by atoms with Gasteiger partial charge in [0.05, 0.1) is 22.0 Å². The quantitative estimate of drug-likeness (QED) is 0.256. The lowest BCUT2D eigenvalue weighted by Crippen LogP contribution is -2.58. The lowest BCUT2D eigenvalue weighted by Gasteiger charge is -2.53. The Balaban J connectivity index is 1.17. The van der Waals surface area contributed by atoms with Crippen LogP contribution in [0.3, 0.4) is 0 Å². The summed E-state index contributed by atoms with van der Waals surface area (Å²) in [6, 6.07) is 12.1. The van der Waals surface area contributed by atoms with Gasteiger partial charge in [-0.1, -0.05) is 36.7 Å². The largest absolute Gasteiger partial charge is 0.490 e. The Labute approximate surface area is 328 Å². The predicted octanol–water partition coefficient (Wildman–Crippen LogP) is 7.46. The molecule has 0 radical (unpaired) electrons. The number of fused-ring (bicyclic) bond motifs is 4. The Morgan fingerprint density at radius 1 is 1.06 bits per heavy atom. The number of halogens is 1. The van der Waals surface area contributed by atoms with Crippen LogP contribution in [0.1, 0.15) is 93.1 Å². The van der Waals surface area contributed by atoms with Gasteiger partial charge >= 0.3 is 0 Å². The molecule has 4 heterocycles. The molecular weight excluding hydrogens is 718 g/mol. The fraction of sp³-hybridized carbons (Fsp3) is 0.636. The monoisotopic (exact) mass is 777 g/mol. The second-order valence-electron chi connectivity index (χ2n) is 17.8. The first-order valence-electron chi connectivity index (χ1n) is 20.5. The van der Waals surface area contributed by atoms with E-state index in [-0.39, 0.29) is 22.5 Å². The molecule has 8 nitrogen and oxygen atoms in total. The molecule has 6 aliphatic rings. The molecule has 294 valence electrons. The van der Waals surface area contributed by atoms with Crippen LogP contribution < -0.4 is 14.4 Å². The van der Waals surface area contributed by atoms with Gasteiger partial charge in [-0.2, -0.15) is 0 Å². The summed E-state index contributed by atoms with van der Waals surface area (Å²) in [5.41, 5.74) is 3.77. The second-order valence-corrected chi connectivity index (χ2v) is 20.6. The van der Waals surface area contributed by atoms with Crippen LogP contribution in [0, 0.1) is 23.2 Å². The van der Waals surface area contributed by atoms with Crippen LogP contribution in [0.2, 0.25) is 5.02 Å². The summed E-state index contributed by atoms with van der Waals surface area (Å²) >= 11 is 6.53. The van der Waals surface area contributed by atoms with Crippen molar-refractivity contribution in [3.05, 3.63) is 70.3 Å². The second kappa shape index (κ2) is 15.1. The average Bonchev–Trinajstić information content (AvgIpc) is 3.30. The van der Waals surface area contributed by atoms with Crippen LogP contribution in [-0.2, 0) is 31.0 Å². The third-order valence-corrected chi connectivity index (χ3v) is 17.1. The third kappa shape index (κ3) is 7.26. The fourth-order valence-corrected chi connectivity index (χ4v) is 12.4. The Hall–Kier alpha value is -2.56. The van der Waals surface area contributed by atoms with Crippen LogP contribution >= 0.6 is 11.6 Å². The highest BCUT2D eigenvalue weighted by Crippen LogP contribution is 2.50. The van der Waals surface area contributed by atoms with Crippen LogP contribution in [-0.4, -0.2) is 91.4 Å². The van der Waals surface area contributed by atoms with E-state index < -0.39 is 15.3 Å². The van der Waals surface area contributed by atoms with Gasteiger partial charge in [0.15, 0.2) is 0 Å². The molecule has 2 bridgehead atoms. The Bertz CT molecular complexity index is 1850. The SMILES string of the molecule is C=S1(=O)NC(=O)c2ccc3c(c2)N(C[C@@H]2CC[C@H]2[C@@](CN2CCC4(CCOCC4)CC2)(OC)/C=C/C[C@H](C)[C@H]1C)C[C@@]1(CCCc2cc(Cl)ccc21)CO3. The number of benzene rings is 2. The number of carbonyl (C=O) groups is 1. The minimum atomic E-state index is -2.95. The zero-order chi connectivity index (χ0) is 37.7. The summed E-state index contributed by atoms with van der Waals surface area (Å²) < 4.78 is 36.3. The van der Waals surface area contributed by atoms with Gasteiger partial charge in [-0.25, -0.2) is 4.21 Å². The van der Waals surface area contributed by atoms with Gasteiger partial charge in [0.25, 0.3) is 5.91 Å². The first kappa shape index (κ1) is 38.3. The zero-order valence-corrected chi connectivity index (χ0v) is 34.2. The van der Waals surface area contributed by atoms with Gasteiger partial charge in [-0.15, -0.1) is 0 Å². The molecule has 2 saturated heterocycles. The van der Waals surface area contributed by atoms with Gasteiger partial charge in [0.1, 0.15) is 11.4 Å². The zero-order valence-electron chi connectivity index (χ0n) is 32.6. The van der Waals surface area contributed by atoms with E-state index in [1.807, 2.05) is 32.2 Å². The van der Waals surface area contributed by atoms with Crippen molar-refractivity contribution in [3.63, 3.8) is 0 Å². The molecule has 1 saturated carbocycles. The van der Waals surface area contributed by atoms with Crippen molar-refractivity contribution in [2.75, 3.05) is 64.6 Å². The van der Waals surface area contributed by atoms with E-state index >= 15 is 0 Å². The van der Waals surface area contributed by atoms with E-state index in [9.17, 15) is 9.00 Å². The Kier molecular flexibility index (Phi) is 10.7. The van der Waals surface area contributed by atoms with E-state index in [1.165, 1.54) is 36.8 Å². The van der Waals surface area contributed by atoms with Gasteiger partial charge in [0.2, 0.25) is 0 Å². The number of allylic oxidation sites excluding steroid dienone is 1. The van der Waals surface area contributed by atoms with Crippen LogP contribution in [0.25, 0.3) is 0 Å². The number of carbonyl (C=O) groups excluding carboxylic acids is 1. The number of hydrogen-bond donors (Lipinski definition) is 1. The van der Waals surface area contributed by atoms with Crippen LogP contribution in [0.15, 0.2) is 48.6 Å². The third-order valence-electron chi connectivity index (χ3n) is 14.7. The number of anilines is 1. The number of likely N-dealkylation sites (tertiary alicyclic amines) is 1. The molecule has 1 unspecified atom stereocenters. The van der Waals surface area contributed by atoms with Gasteiger partial charge < -0.3 is 24.0 Å². The smallest absolute Gasteiger partial charge is 0.262 e. The predicted molar refractivity (Wildman–Crippen MR) is 219 cm³/mol. The lowest BCUT2D eigenvalue weighted by atomic mass is 9.63. The number of amides is 1. The summed E-state index contributed by atoms with van der Waals surface area (Å²) in [4.78, 5) is 19.0. The first-order valence-corrected chi connectivity index (χ1v) is 22.6. The maximum absolute atomic E-state index is 14.1. The number of methoxy groups -OCH3 is 1. The molecular formula is C44H60ClN3O5S. The molecule has 1 amide bonds. The number of rotatable bonds is 3. The molecule has 1 N–H and O–H groups in total. The number of ether oxygens (including phenoxy) is 3. The maximum Gasteiger partial charge on any atom is 0.262 e. The molecule has 2 aliphatic carbocycles. The van der Waals surface area contributed by atoms with Gasteiger partial charge in [-0.05, 0) is 155 Å². The molecule has 3 fully saturated rings. The van der Waals surface area contributed by atoms with E-state index in [4.69, 9.17) is 25.8 Å². The molecule has 2 spiro atoms. The molecule has 54 heavy (non-hydrogen) atoms. The normalized spacial score (nSPS) is 36.2. The Morgan fingerprint density at radius 2 is 1.85 bits per heavy atom. The number of hydrogen-bond acceptors (Lipinski definition) is 7. The summed E-state index contributed by atoms with van der Waals surface area (Å²) in [5.74, 6) is 5.26. The van der Waals surface area contributed by atoms with Crippen molar-refractivity contribution in [1.29, 1.82) is 0 Å². The summed E-state index contributed by atoms with van der Waals surface area (Å²) in [7, 11) is -1.04. The summed E-state index contributed by atoms with van der Waals surface area (Å²) in [6.45, 7) is 11.0. The molecule has 4 aliphatic heterocycles.